The van der Waals surface area contributed by atoms with Crippen LogP contribution in [0.25, 0.3) is 0 Å². The molecule has 0 heterocycles. The first-order valence-corrected chi connectivity index (χ1v) is 7.44. The molecule has 0 aromatic carbocycles. The van der Waals surface area contributed by atoms with Crippen LogP contribution >= 0.6 is 0 Å². The van der Waals surface area contributed by atoms with E-state index in [0.29, 0.717) is 18.0 Å². The monoisotopic (exact) mass is 249 g/mol. The first-order valence-electron chi connectivity index (χ1n) is 7.44. The summed E-state index contributed by atoms with van der Waals surface area (Å²) >= 11 is 0. The zero-order valence-corrected chi connectivity index (χ0v) is 12.1. The van der Waals surface area contributed by atoms with Crippen molar-refractivity contribution in [3.8, 4) is 6.07 Å². The predicted molar refractivity (Wildman–Crippen MR) is 74.2 cm³/mol. The van der Waals surface area contributed by atoms with Crippen molar-refractivity contribution in [2.24, 2.45) is 5.92 Å². The Morgan fingerprint density at radius 2 is 2.11 bits per heavy atom. The minimum atomic E-state index is -0.241. The Morgan fingerprint density at radius 1 is 1.39 bits per heavy atom. The van der Waals surface area contributed by atoms with Gasteiger partial charge in [-0.2, -0.15) is 5.26 Å². The van der Waals surface area contributed by atoms with E-state index >= 15 is 0 Å². The fourth-order valence-corrected chi connectivity index (χ4v) is 3.23. The second-order valence-corrected chi connectivity index (χ2v) is 6.70. The molecule has 2 fully saturated rings. The lowest BCUT2D eigenvalue weighted by Gasteiger charge is -2.41. The van der Waals surface area contributed by atoms with Gasteiger partial charge in [-0.15, -0.1) is 0 Å². The van der Waals surface area contributed by atoms with Gasteiger partial charge in [-0.3, -0.25) is 5.32 Å². The van der Waals surface area contributed by atoms with Gasteiger partial charge in [0, 0.05) is 18.6 Å². The molecule has 0 aromatic rings. The van der Waals surface area contributed by atoms with Crippen LogP contribution < -0.4 is 5.32 Å². The van der Waals surface area contributed by atoms with Gasteiger partial charge in [0.05, 0.1) is 6.07 Å². The fourth-order valence-electron chi connectivity index (χ4n) is 3.23. The van der Waals surface area contributed by atoms with E-state index in [1.54, 1.807) is 0 Å². The van der Waals surface area contributed by atoms with Gasteiger partial charge < -0.3 is 4.90 Å². The SMILES string of the molecule is CC(C)CN(C)C1CCCC(C#N)(NC2CC2)C1. The molecular formula is C15H27N3. The summed E-state index contributed by atoms with van der Waals surface area (Å²) in [6.07, 6.45) is 6.99. The normalized spacial score (nSPS) is 32.8. The summed E-state index contributed by atoms with van der Waals surface area (Å²) in [6, 6.07) is 3.79. The number of nitrogens with one attached hydrogen (secondary N) is 1. The van der Waals surface area contributed by atoms with Crippen molar-refractivity contribution in [3.05, 3.63) is 0 Å². The largest absolute Gasteiger partial charge is 0.303 e. The average Bonchev–Trinajstić information content (AvgIpc) is 3.12. The Bertz CT molecular complexity index is 316. The minimum Gasteiger partial charge on any atom is -0.303 e. The van der Waals surface area contributed by atoms with Crippen LogP contribution in [0.5, 0.6) is 0 Å². The van der Waals surface area contributed by atoms with E-state index in [1.807, 2.05) is 0 Å². The molecule has 18 heavy (non-hydrogen) atoms. The van der Waals surface area contributed by atoms with Gasteiger partial charge in [-0.1, -0.05) is 13.8 Å². The molecule has 2 saturated carbocycles. The van der Waals surface area contributed by atoms with Crippen LogP contribution in [-0.4, -0.2) is 36.1 Å². The van der Waals surface area contributed by atoms with E-state index in [1.165, 1.54) is 25.7 Å². The highest BCUT2D eigenvalue weighted by Crippen LogP contribution is 2.34. The van der Waals surface area contributed by atoms with E-state index in [9.17, 15) is 5.26 Å². The molecule has 0 saturated heterocycles. The topological polar surface area (TPSA) is 39.1 Å². The van der Waals surface area contributed by atoms with Gasteiger partial charge in [0.25, 0.3) is 0 Å². The van der Waals surface area contributed by atoms with Crippen LogP contribution in [0, 0.1) is 17.2 Å². The van der Waals surface area contributed by atoms with E-state index in [-0.39, 0.29) is 5.54 Å². The first-order chi connectivity index (χ1) is 8.54. The summed E-state index contributed by atoms with van der Waals surface area (Å²) in [7, 11) is 2.22. The second-order valence-electron chi connectivity index (χ2n) is 6.70. The third-order valence-electron chi connectivity index (χ3n) is 4.27. The number of nitriles is 1. The highest BCUT2D eigenvalue weighted by molar-refractivity contribution is 5.13. The third kappa shape index (κ3) is 3.46. The number of nitrogens with zero attached hydrogens (tertiary/aromatic N) is 2. The summed E-state index contributed by atoms with van der Waals surface area (Å²) in [5.41, 5.74) is -0.241. The summed E-state index contributed by atoms with van der Waals surface area (Å²) in [5, 5.41) is 13.2. The van der Waals surface area contributed by atoms with E-state index in [0.717, 1.165) is 19.4 Å². The Balaban J connectivity index is 1.95. The zero-order valence-electron chi connectivity index (χ0n) is 12.1. The van der Waals surface area contributed by atoms with Gasteiger partial charge in [0.2, 0.25) is 0 Å². The predicted octanol–water partition coefficient (Wildman–Crippen LogP) is 2.53. The third-order valence-corrected chi connectivity index (χ3v) is 4.27. The Hall–Kier alpha value is -0.590. The molecule has 3 heteroatoms. The van der Waals surface area contributed by atoms with Crippen LogP contribution in [0.4, 0.5) is 0 Å². The van der Waals surface area contributed by atoms with Crippen molar-refractivity contribution in [2.45, 2.75) is 70.0 Å². The number of rotatable bonds is 5. The molecule has 102 valence electrons. The quantitative estimate of drug-likeness (QED) is 0.814. The number of hydrogen-bond acceptors (Lipinski definition) is 3. The maximum Gasteiger partial charge on any atom is 0.108 e. The van der Waals surface area contributed by atoms with Gasteiger partial charge in [0.15, 0.2) is 0 Å². The van der Waals surface area contributed by atoms with Crippen molar-refractivity contribution in [1.82, 2.24) is 10.2 Å². The lowest BCUT2D eigenvalue weighted by molar-refractivity contribution is 0.132. The summed E-state index contributed by atoms with van der Waals surface area (Å²) in [5.74, 6) is 0.699. The molecule has 2 aliphatic rings. The van der Waals surface area contributed by atoms with Gasteiger partial charge >= 0.3 is 0 Å². The maximum absolute atomic E-state index is 9.57. The zero-order chi connectivity index (χ0) is 13.2. The molecular weight excluding hydrogens is 222 g/mol. The number of hydrogen-bond donors (Lipinski definition) is 1. The molecule has 1 N–H and O–H groups in total. The molecule has 2 atom stereocenters. The van der Waals surface area contributed by atoms with Crippen LogP contribution in [0.2, 0.25) is 0 Å². The fraction of sp³-hybridized carbons (Fsp3) is 0.933. The van der Waals surface area contributed by atoms with Crippen molar-refractivity contribution in [1.29, 1.82) is 5.26 Å². The molecule has 2 unspecified atom stereocenters. The Morgan fingerprint density at radius 3 is 2.67 bits per heavy atom. The molecule has 0 spiro atoms. The second kappa shape index (κ2) is 5.59. The molecule has 2 rings (SSSR count). The molecule has 3 nitrogen and oxygen atoms in total. The molecule has 2 aliphatic carbocycles. The molecule has 0 aromatic heterocycles. The lowest BCUT2D eigenvalue weighted by atomic mass is 9.79. The summed E-state index contributed by atoms with van der Waals surface area (Å²) in [4.78, 5) is 2.46. The van der Waals surface area contributed by atoms with Crippen molar-refractivity contribution < 1.29 is 0 Å². The Kier molecular flexibility index (Phi) is 4.29. The van der Waals surface area contributed by atoms with E-state index < -0.39 is 0 Å². The van der Waals surface area contributed by atoms with Crippen molar-refractivity contribution >= 4 is 0 Å². The van der Waals surface area contributed by atoms with E-state index in [4.69, 9.17) is 0 Å². The maximum atomic E-state index is 9.57. The van der Waals surface area contributed by atoms with Crippen molar-refractivity contribution in [3.63, 3.8) is 0 Å². The van der Waals surface area contributed by atoms with Gasteiger partial charge in [-0.05, 0) is 51.5 Å². The van der Waals surface area contributed by atoms with Crippen LogP contribution in [0.15, 0.2) is 0 Å². The minimum absolute atomic E-state index is 0.241. The highest BCUT2D eigenvalue weighted by Gasteiger charge is 2.41. The molecule has 0 aliphatic heterocycles. The lowest BCUT2D eigenvalue weighted by Crippen LogP contribution is -2.53. The van der Waals surface area contributed by atoms with Crippen LogP contribution in [0.1, 0.15) is 52.4 Å². The van der Waals surface area contributed by atoms with Gasteiger partial charge in [0.1, 0.15) is 5.54 Å². The molecule has 0 radical (unpaired) electrons. The first kappa shape index (κ1) is 13.8. The van der Waals surface area contributed by atoms with Gasteiger partial charge in [-0.25, -0.2) is 0 Å². The smallest absolute Gasteiger partial charge is 0.108 e. The van der Waals surface area contributed by atoms with Crippen LogP contribution in [0.3, 0.4) is 0 Å². The Labute approximate surface area is 112 Å². The summed E-state index contributed by atoms with van der Waals surface area (Å²) in [6.45, 7) is 5.66. The molecule has 0 bridgehead atoms. The standard InChI is InChI=1S/C15H27N3/c1-12(2)10-18(3)14-5-4-8-15(9-14,11-16)17-13-6-7-13/h12-14,17H,4-10H2,1-3H3. The van der Waals surface area contributed by atoms with Crippen LogP contribution in [-0.2, 0) is 0 Å². The average molecular weight is 249 g/mol. The summed E-state index contributed by atoms with van der Waals surface area (Å²) < 4.78 is 0. The molecule has 0 amide bonds. The van der Waals surface area contributed by atoms with E-state index in [2.05, 4.69) is 37.2 Å². The highest BCUT2D eigenvalue weighted by atomic mass is 15.1. The van der Waals surface area contributed by atoms with Crippen molar-refractivity contribution in [2.75, 3.05) is 13.6 Å².